The normalized spacial score (nSPS) is 10.6. The Hall–Kier alpha value is -1.04. The topological polar surface area (TPSA) is 0 Å². The highest BCUT2D eigenvalue weighted by molar-refractivity contribution is 5.53. The van der Waals surface area contributed by atoms with Gasteiger partial charge < -0.3 is 0 Å². The van der Waals surface area contributed by atoms with Crippen molar-refractivity contribution in [3.05, 3.63) is 48.4 Å². The van der Waals surface area contributed by atoms with Gasteiger partial charge in [-0.25, -0.2) is 0 Å². The maximum Gasteiger partial charge on any atom is -0.0231 e. The Balaban J connectivity index is 3.03. The number of allylic oxidation sites excluding steroid dienone is 1. The van der Waals surface area contributed by atoms with Gasteiger partial charge in [0.2, 0.25) is 0 Å². The van der Waals surface area contributed by atoms with Crippen LogP contribution in [0.2, 0.25) is 0 Å². The highest BCUT2D eigenvalue weighted by Gasteiger charge is 1.87. The van der Waals surface area contributed by atoms with E-state index in [2.05, 4.69) is 26.0 Å². The van der Waals surface area contributed by atoms with Crippen LogP contribution in [0.3, 0.4) is 0 Å². The molecule has 0 nitrogen and oxygen atoms in total. The largest absolute Gasteiger partial charge is 0.0836 e. The minimum absolute atomic E-state index is 1.25. The standard InChI is InChI=1S/C10H11/c1-3-6-10-8-5-4-7-9(10)2/h3-8H,1H2,2H3/b6-3+. The summed E-state index contributed by atoms with van der Waals surface area (Å²) in [7, 11) is 0. The van der Waals surface area contributed by atoms with Crippen molar-refractivity contribution >= 4 is 6.08 Å². The van der Waals surface area contributed by atoms with Gasteiger partial charge >= 0.3 is 0 Å². The van der Waals surface area contributed by atoms with Crippen LogP contribution >= 0.6 is 0 Å². The molecule has 0 N–H and O–H groups in total. The molecule has 1 radical (unpaired) electrons. The lowest BCUT2D eigenvalue weighted by Crippen LogP contribution is -1.76. The van der Waals surface area contributed by atoms with Crippen LogP contribution in [0.25, 0.3) is 6.08 Å². The lowest BCUT2D eigenvalue weighted by atomic mass is 10.1. The van der Waals surface area contributed by atoms with E-state index in [0.29, 0.717) is 0 Å². The number of aryl methyl sites for hydroxylation is 1. The molecular formula is C10H11. The van der Waals surface area contributed by atoms with E-state index in [0.717, 1.165) is 0 Å². The molecule has 0 aliphatic heterocycles. The van der Waals surface area contributed by atoms with E-state index < -0.39 is 0 Å². The van der Waals surface area contributed by atoms with Crippen LogP contribution in [0, 0.1) is 13.8 Å². The minimum atomic E-state index is 1.25. The second-order valence-electron chi connectivity index (χ2n) is 2.26. The van der Waals surface area contributed by atoms with E-state index in [1.54, 1.807) is 0 Å². The summed E-state index contributed by atoms with van der Waals surface area (Å²) in [6.07, 6.45) is 3.82. The van der Waals surface area contributed by atoms with Gasteiger partial charge in [-0.1, -0.05) is 36.4 Å². The van der Waals surface area contributed by atoms with Crippen molar-refractivity contribution in [1.29, 1.82) is 0 Å². The molecule has 10 heavy (non-hydrogen) atoms. The third-order valence-corrected chi connectivity index (χ3v) is 1.49. The maximum absolute atomic E-state index is 3.64. The zero-order valence-electron chi connectivity index (χ0n) is 6.17. The Morgan fingerprint density at radius 2 is 2.00 bits per heavy atom. The highest BCUT2D eigenvalue weighted by Crippen LogP contribution is 2.07. The van der Waals surface area contributed by atoms with Crippen molar-refractivity contribution < 1.29 is 0 Å². The van der Waals surface area contributed by atoms with E-state index in [4.69, 9.17) is 0 Å². The fourth-order valence-corrected chi connectivity index (χ4v) is 0.901. The summed E-state index contributed by atoms with van der Waals surface area (Å²) in [6.45, 7) is 5.73. The summed E-state index contributed by atoms with van der Waals surface area (Å²) >= 11 is 0. The second-order valence-corrected chi connectivity index (χ2v) is 2.26. The van der Waals surface area contributed by atoms with Crippen molar-refractivity contribution in [2.24, 2.45) is 0 Å². The van der Waals surface area contributed by atoms with Crippen LogP contribution < -0.4 is 0 Å². The predicted octanol–water partition coefficient (Wildman–Crippen LogP) is 2.84. The molecule has 1 aromatic carbocycles. The molecule has 0 aliphatic rings. The molecule has 0 bridgehead atoms. The van der Waals surface area contributed by atoms with Gasteiger partial charge in [0.05, 0.1) is 0 Å². The van der Waals surface area contributed by atoms with Crippen LogP contribution in [0.1, 0.15) is 11.1 Å². The second kappa shape index (κ2) is 3.21. The number of rotatable bonds is 1. The van der Waals surface area contributed by atoms with Crippen LogP contribution in [-0.2, 0) is 0 Å². The molecule has 0 atom stereocenters. The van der Waals surface area contributed by atoms with Gasteiger partial charge in [-0.15, -0.1) is 0 Å². The number of benzene rings is 1. The average molecular weight is 131 g/mol. The van der Waals surface area contributed by atoms with Crippen molar-refractivity contribution in [2.75, 3.05) is 0 Å². The lowest BCUT2D eigenvalue weighted by molar-refractivity contribution is 1.44. The molecule has 1 aromatic rings. The third-order valence-electron chi connectivity index (χ3n) is 1.49. The number of hydrogen-bond acceptors (Lipinski definition) is 0. The summed E-state index contributed by atoms with van der Waals surface area (Å²) < 4.78 is 0. The first-order valence-electron chi connectivity index (χ1n) is 3.36. The summed E-state index contributed by atoms with van der Waals surface area (Å²) in [5.74, 6) is 0. The predicted molar refractivity (Wildman–Crippen MR) is 45.6 cm³/mol. The van der Waals surface area contributed by atoms with Crippen molar-refractivity contribution in [3.8, 4) is 0 Å². The van der Waals surface area contributed by atoms with Gasteiger partial charge in [-0.05, 0) is 25.0 Å². The monoisotopic (exact) mass is 131 g/mol. The van der Waals surface area contributed by atoms with Gasteiger partial charge in [0.15, 0.2) is 0 Å². The van der Waals surface area contributed by atoms with Crippen molar-refractivity contribution in [3.63, 3.8) is 0 Å². The van der Waals surface area contributed by atoms with Gasteiger partial charge in [0.25, 0.3) is 0 Å². The highest BCUT2D eigenvalue weighted by atomic mass is 13.9. The molecular weight excluding hydrogens is 120 g/mol. The average Bonchev–Trinajstić information content (AvgIpc) is 1.94. The van der Waals surface area contributed by atoms with Crippen LogP contribution in [0.15, 0.2) is 30.3 Å². The Morgan fingerprint density at radius 1 is 1.30 bits per heavy atom. The lowest BCUT2D eigenvalue weighted by Gasteiger charge is -1.96. The fraction of sp³-hybridized carbons (Fsp3) is 0.100. The summed E-state index contributed by atoms with van der Waals surface area (Å²) in [6, 6.07) is 8.24. The smallest absolute Gasteiger partial charge is 0.0231 e. The summed E-state index contributed by atoms with van der Waals surface area (Å²) in [5, 5.41) is 0. The van der Waals surface area contributed by atoms with Crippen LogP contribution in [0.4, 0.5) is 0 Å². The van der Waals surface area contributed by atoms with E-state index in [9.17, 15) is 0 Å². The summed E-state index contributed by atoms with van der Waals surface area (Å²) in [4.78, 5) is 0. The minimum Gasteiger partial charge on any atom is -0.0836 e. The molecule has 0 unspecified atom stereocenters. The van der Waals surface area contributed by atoms with Gasteiger partial charge in [-0.2, -0.15) is 0 Å². The van der Waals surface area contributed by atoms with E-state index >= 15 is 0 Å². The van der Waals surface area contributed by atoms with E-state index in [1.165, 1.54) is 11.1 Å². The molecule has 0 aliphatic carbocycles. The molecule has 0 heteroatoms. The van der Waals surface area contributed by atoms with Crippen molar-refractivity contribution in [1.82, 2.24) is 0 Å². The van der Waals surface area contributed by atoms with Gasteiger partial charge in [0.1, 0.15) is 0 Å². The van der Waals surface area contributed by atoms with Crippen LogP contribution in [0.5, 0.6) is 0 Å². The molecule has 0 saturated carbocycles. The first kappa shape index (κ1) is 7.07. The molecule has 0 heterocycles. The first-order chi connectivity index (χ1) is 4.84. The zero-order valence-corrected chi connectivity index (χ0v) is 6.17. The molecule has 0 fully saturated rings. The van der Waals surface area contributed by atoms with Gasteiger partial charge in [-0.3, -0.25) is 0 Å². The number of hydrogen-bond donors (Lipinski definition) is 0. The first-order valence-corrected chi connectivity index (χ1v) is 3.36. The molecule has 51 valence electrons. The molecule has 0 saturated heterocycles. The van der Waals surface area contributed by atoms with E-state index in [-0.39, 0.29) is 0 Å². The van der Waals surface area contributed by atoms with Crippen LogP contribution in [-0.4, -0.2) is 0 Å². The molecule has 0 aromatic heterocycles. The zero-order chi connectivity index (χ0) is 7.40. The third kappa shape index (κ3) is 1.47. The Kier molecular flexibility index (Phi) is 2.27. The molecule has 1 rings (SSSR count). The molecule has 0 amide bonds. The SMILES string of the molecule is [CH2]/C=C/c1ccccc1C. The van der Waals surface area contributed by atoms with Crippen molar-refractivity contribution in [2.45, 2.75) is 6.92 Å². The fourth-order valence-electron chi connectivity index (χ4n) is 0.901. The molecule has 0 spiro atoms. The Labute approximate surface area is 62.2 Å². The Bertz CT molecular complexity index is 234. The Morgan fingerprint density at radius 3 is 2.60 bits per heavy atom. The maximum atomic E-state index is 3.64. The summed E-state index contributed by atoms with van der Waals surface area (Å²) in [5.41, 5.74) is 2.54. The van der Waals surface area contributed by atoms with E-state index in [1.807, 2.05) is 24.3 Å². The quantitative estimate of drug-likeness (QED) is 0.549. The van der Waals surface area contributed by atoms with Gasteiger partial charge in [0, 0.05) is 0 Å².